The van der Waals surface area contributed by atoms with Crippen molar-refractivity contribution in [2.75, 3.05) is 5.32 Å². The third kappa shape index (κ3) is 3.09. The van der Waals surface area contributed by atoms with Gasteiger partial charge in [-0.15, -0.1) is 0 Å². The molecule has 0 aliphatic heterocycles. The van der Waals surface area contributed by atoms with Crippen LogP contribution in [0.4, 0.5) is 11.5 Å². The van der Waals surface area contributed by atoms with Crippen LogP contribution in [0.25, 0.3) is 0 Å². The Morgan fingerprint density at radius 3 is 2.63 bits per heavy atom. The van der Waals surface area contributed by atoms with Crippen LogP contribution in [0.5, 0.6) is 0 Å². The fraction of sp³-hybridized carbons (Fsp3) is 0.0714. The van der Waals surface area contributed by atoms with Gasteiger partial charge in [-0.1, -0.05) is 15.9 Å². The highest BCUT2D eigenvalue weighted by Gasteiger charge is 2.05. The minimum atomic E-state index is 0.510. The standard InChI is InChI=1S/C14H9BrN4/c1-9-4-10(7-16)5-14(18-9)19-13-3-2-12(15)6-11(13)8-17/h2-6H,1H3,(H,18,19). The van der Waals surface area contributed by atoms with Crippen molar-refractivity contribution in [3.05, 3.63) is 51.6 Å². The van der Waals surface area contributed by atoms with Gasteiger partial charge in [0.25, 0.3) is 0 Å². The Morgan fingerprint density at radius 2 is 1.95 bits per heavy atom. The molecule has 0 bridgehead atoms. The van der Waals surface area contributed by atoms with Crippen LogP contribution in [0.1, 0.15) is 16.8 Å². The molecular weight excluding hydrogens is 304 g/mol. The normalized spacial score (nSPS) is 9.47. The lowest BCUT2D eigenvalue weighted by molar-refractivity contribution is 1.19. The summed E-state index contributed by atoms with van der Waals surface area (Å²) < 4.78 is 0.838. The Balaban J connectivity index is 2.40. The molecule has 2 aromatic rings. The second kappa shape index (κ2) is 5.51. The highest BCUT2D eigenvalue weighted by molar-refractivity contribution is 9.10. The third-order valence-electron chi connectivity index (χ3n) is 2.45. The Labute approximate surface area is 119 Å². The van der Waals surface area contributed by atoms with Crippen LogP contribution in [0.15, 0.2) is 34.8 Å². The zero-order chi connectivity index (χ0) is 13.8. The number of aryl methyl sites for hydroxylation is 1. The van der Waals surface area contributed by atoms with Crippen LogP contribution in [-0.2, 0) is 0 Å². The lowest BCUT2D eigenvalue weighted by Gasteiger charge is -2.08. The van der Waals surface area contributed by atoms with E-state index < -0.39 is 0 Å². The minimum Gasteiger partial charge on any atom is -0.339 e. The molecular formula is C14H9BrN4. The number of nitrogens with one attached hydrogen (secondary N) is 1. The number of anilines is 2. The van der Waals surface area contributed by atoms with E-state index in [0.717, 1.165) is 10.2 Å². The van der Waals surface area contributed by atoms with E-state index in [1.54, 1.807) is 24.3 Å². The van der Waals surface area contributed by atoms with E-state index in [1.807, 2.05) is 13.0 Å². The molecule has 4 nitrogen and oxygen atoms in total. The van der Waals surface area contributed by atoms with Gasteiger partial charge in [0.1, 0.15) is 11.9 Å². The van der Waals surface area contributed by atoms with Gasteiger partial charge in [-0.2, -0.15) is 10.5 Å². The van der Waals surface area contributed by atoms with Crippen molar-refractivity contribution in [3.63, 3.8) is 0 Å². The van der Waals surface area contributed by atoms with Gasteiger partial charge in [-0.25, -0.2) is 4.98 Å². The van der Waals surface area contributed by atoms with Gasteiger partial charge in [0.05, 0.1) is 22.9 Å². The Hall–Kier alpha value is -2.37. The first-order valence-corrected chi connectivity index (χ1v) is 6.27. The summed E-state index contributed by atoms with van der Waals surface area (Å²) in [7, 11) is 0. The van der Waals surface area contributed by atoms with E-state index in [4.69, 9.17) is 10.5 Å². The maximum Gasteiger partial charge on any atom is 0.131 e. The molecule has 1 aromatic heterocycles. The zero-order valence-corrected chi connectivity index (χ0v) is 11.7. The van der Waals surface area contributed by atoms with Crippen molar-refractivity contribution in [2.24, 2.45) is 0 Å². The average molecular weight is 313 g/mol. The molecule has 0 aliphatic rings. The van der Waals surface area contributed by atoms with Crippen LogP contribution < -0.4 is 5.32 Å². The van der Waals surface area contributed by atoms with Gasteiger partial charge in [0.15, 0.2) is 0 Å². The van der Waals surface area contributed by atoms with E-state index in [0.29, 0.717) is 22.6 Å². The molecule has 1 N–H and O–H groups in total. The second-order valence-electron chi connectivity index (χ2n) is 3.92. The van der Waals surface area contributed by atoms with Crippen LogP contribution in [0.3, 0.4) is 0 Å². The van der Waals surface area contributed by atoms with Crippen molar-refractivity contribution in [1.29, 1.82) is 10.5 Å². The number of aromatic nitrogens is 1. The van der Waals surface area contributed by atoms with Gasteiger partial charge in [-0.05, 0) is 37.3 Å². The number of nitriles is 2. The number of halogens is 1. The van der Waals surface area contributed by atoms with Gasteiger partial charge in [0, 0.05) is 10.2 Å². The quantitative estimate of drug-likeness (QED) is 0.918. The Bertz CT molecular complexity index is 710. The van der Waals surface area contributed by atoms with Crippen LogP contribution in [0.2, 0.25) is 0 Å². The highest BCUT2D eigenvalue weighted by atomic mass is 79.9. The van der Waals surface area contributed by atoms with Gasteiger partial charge >= 0.3 is 0 Å². The van der Waals surface area contributed by atoms with E-state index in [1.165, 1.54) is 0 Å². The first-order valence-electron chi connectivity index (χ1n) is 5.48. The summed E-state index contributed by atoms with van der Waals surface area (Å²) in [5, 5.41) is 21.1. The smallest absolute Gasteiger partial charge is 0.131 e. The molecule has 0 saturated heterocycles. The molecule has 1 aromatic carbocycles. The summed E-state index contributed by atoms with van der Waals surface area (Å²) in [6.45, 7) is 1.82. The zero-order valence-electron chi connectivity index (χ0n) is 10.1. The molecule has 0 radical (unpaired) electrons. The number of hydrogen-bond donors (Lipinski definition) is 1. The molecule has 0 fully saturated rings. The number of hydrogen-bond acceptors (Lipinski definition) is 4. The van der Waals surface area contributed by atoms with E-state index in [-0.39, 0.29) is 0 Å². The molecule has 0 amide bonds. The summed E-state index contributed by atoms with van der Waals surface area (Å²) in [4.78, 5) is 4.29. The summed E-state index contributed by atoms with van der Waals surface area (Å²) in [6.07, 6.45) is 0. The molecule has 92 valence electrons. The fourth-order valence-corrected chi connectivity index (χ4v) is 2.01. The highest BCUT2D eigenvalue weighted by Crippen LogP contribution is 2.23. The largest absolute Gasteiger partial charge is 0.339 e. The lowest BCUT2D eigenvalue weighted by Crippen LogP contribution is -1.98. The van der Waals surface area contributed by atoms with Crippen LogP contribution in [-0.4, -0.2) is 4.98 Å². The first-order chi connectivity index (χ1) is 9.12. The fourth-order valence-electron chi connectivity index (χ4n) is 1.65. The summed E-state index contributed by atoms with van der Waals surface area (Å²) in [6, 6.07) is 12.9. The molecule has 0 saturated carbocycles. The number of pyridine rings is 1. The monoisotopic (exact) mass is 312 g/mol. The van der Waals surface area contributed by atoms with Crippen LogP contribution >= 0.6 is 15.9 Å². The van der Waals surface area contributed by atoms with Crippen molar-refractivity contribution >= 4 is 27.4 Å². The summed E-state index contributed by atoms with van der Waals surface area (Å²) in [5.41, 5.74) is 2.45. The minimum absolute atomic E-state index is 0.510. The van der Waals surface area contributed by atoms with Crippen molar-refractivity contribution in [1.82, 2.24) is 4.98 Å². The van der Waals surface area contributed by atoms with Gasteiger partial charge in [0.2, 0.25) is 0 Å². The number of benzene rings is 1. The predicted octanol–water partition coefficient (Wildman–Crippen LogP) is 3.64. The Kier molecular flexibility index (Phi) is 3.79. The third-order valence-corrected chi connectivity index (χ3v) is 2.94. The number of rotatable bonds is 2. The van der Waals surface area contributed by atoms with Crippen molar-refractivity contribution in [3.8, 4) is 12.1 Å². The molecule has 0 aliphatic carbocycles. The SMILES string of the molecule is Cc1cc(C#N)cc(Nc2ccc(Br)cc2C#N)n1. The first kappa shape index (κ1) is 13.1. The molecule has 0 spiro atoms. The topological polar surface area (TPSA) is 72.5 Å². The average Bonchev–Trinajstić information content (AvgIpc) is 2.40. The molecule has 0 unspecified atom stereocenters. The maximum atomic E-state index is 9.09. The van der Waals surface area contributed by atoms with Crippen molar-refractivity contribution in [2.45, 2.75) is 6.92 Å². The van der Waals surface area contributed by atoms with Gasteiger partial charge < -0.3 is 5.32 Å². The van der Waals surface area contributed by atoms with E-state index >= 15 is 0 Å². The molecule has 0 atom stereocenters. The van der Waals surface area contributed by atoms with E-state index in [2.05, 4.69) is 38.4 Å². The lowest BCUT2D eigenvalue weighted by atomic mass is 10.2. The molecule has 5 heteroatoms. The molecule has 19 heavy (non-hydrogen) atoms. The summed E-state index contributed by atoms with van der Waals surface area (Å²) in [5.74, 6) is 0.551. The Morgan fingerprint density at radius 1 is 1.16 bits per heavy atom. The van der Waals surface area contributed by atoms with Crippen molar-refractivity contribution < 1.29 is 0 Å². The number of nitrogens with zero attached hydrogens (tertiary/aromatic N) is 3. The van der Waals surface area contributed by atoms with Gasteiger partial charge in [-0.3, -0.25) is 0 Å². The predicted molar refractivity (Wildman–Crippen MR) is 75.8 cm³/mol. The van der Waals surface area contributed by atoms with Crippen LogP contribution in [0, 0.1) is 29.6 Å². The molecule has 2 rings (SSSR count). The summed E-state index contributed by atoms with van der Waals surface area (Å²) >= 11 is 3.32. The maximum absolute atomic E-state index is 9.09. The second-order valence-corrected chi connectivity index (χ2v) is 4.84. The van der Waals surface area contributed by atoms with E-state index in [9.17, 15) is 0 Å². The molecule has 1 heterocycles.